The fourth-order valence-electron chi connectivity index (χ4n) is 2.77. The molecule has 4 nitrogen and oxygen atoms in total. The third-order valence-electron chi connectivity index (χ3n) is 3.93. The number of aliphatic hydroxyl groups is 1. The topological polar surface area (TPSA) is 50.1 Å². The van der Waals surface area contributed by atoms with E-state index < -0.39 is 5.60 Å². The normalized spacial score (nSPS) is 19.7. The summed E-state index contributed by atoms with van der Waals surface area (Å²) < 4.78 is 2.13. The van der Waals surface area contributed by atoms with Crippen LogP contribution in [0.3, 0.4) is 0 Å². The molecule has 1 aliphatic carbocycles. The molecule has 18 heavy (non-hydrogen) atoms. The number of aromatic nitrogens is 2. The fourth-order valence-corrected chi connectivity index (χ4v) is 2.77. The second-order valence-electron chi connectivity index (χ2n) is 5.41. The lowest BCUT2D eigenvalue weighted by atomic mass is 9.94. The maximum absolute atomic E-state index is 10.5. The summed E-state index contributed by atoms with van der Waals surface area (Å²) in [6.45, 7) is 4.54. The molecule has 0 radical (unpaired) electrons. The predicted molar refractivity (Wildman–Crippen MR) is 72.3 cm³/mol. The van der Waals surface area contributed by atoms with Gasteiger partial charge >= 0.3 is 0 Å². The summed E-state index contributed by atoms with van der Waals surface area (Å²) in [7, 11) is 0. The number of nitrogens with zero attached hydrogens (tertiary/aromatic N) is 2. The molecule has 1 aromatic heterocycles. The van der Waals surface area contributed by atoms with Crippen molar-refractivity contribution in [2.45, 2.75) is 64.1 Å². The first-order valence-electron chi connectivity index (χ1n) is 7.16. The summed E-state index contributed by atoms with van der Waals surface area (Å²) in [5.74, 6) is 0. The summed E-state index contributed by atoms with van der Waals surface area (Å²) in [5.41, 5.74) is 0.697. The van der Waals surface area contributed by atoms with Crippen LogP contribution < -0.4 is 5.32 Å². The Kier molecular flexibility index (Phi) is 4.78. The first-order valence-corrected chi connectivity index (χ1v) is 7.16. The van der Waals surface area contributed by atoms with Crippen molar-refractivity contribution in [1.29, 1.82) is 0 Å². The molecule has 1 saturated carbocycles. The SMILES string of the molecule is CCn1cncc1CNCC1(O)CCCCCC1. The van der Waals surface area contributed by atoms with Crippen molar-refractivity contribution >= 4 is 0 Å². The van der Waals surface area contributed by atoms with Crippen molar-refractivity contribution in [3.05, 3.63) is 18.2 Å². The van der Waals surface area contributed by atoms with Gasteiger partial charge < -0.3 is 15.0 Å². The number of imidazole rings is 1. The molecule has 1 fully saturated rings. The first kappa shape index (κ1) is 13.6. The van der Waals surface area contributed by atoms with Crippen molar-refractivity contribution < 1.29 is 5.11 Å². The van der Waals surface area contributed by atoms with Crippen LogP contribution in [0, 0.1) is 0 Å². The molecule has 2 rings (SSSR count). The van der Waals surface area contributed by atoms with E-state index in [2.05, 4.69) is 21.8 Å². The molecule has 0 aliphatic heterocycles. The van der Waals surface area contributed by atoms with Crippen molar-refractivity contribution in [3.63, 3.8) is 0 Å². The van der Waals surface area contributed by atoms with Crippen LogP contribution in [0.2, 0.25) is 0 Å². The van der Waals surface area contributed by atoms with E-state index in [1.165, 1.54) is 18.5 Å². The average Bonchev–Trinajstić information content (AvgIpc) is 2.70. The number of hydrogen-bond acceptors (Lipinski definition) is 3. The molecule has 0 spiro atoms. The summed E-state index contributed by atoms with van der Waals surface area (Å²) in [6, 6.07) is 0. The van der Waals surface area contributed by atoms with Crippen LogP contribution in [0.1, 0.15) is 51.1 Å². The minimum atomic E-state index is -0.492. The minimum Gasteiger partial charge on any atom is -0.389 e. The van der Waals surface area contributed by atoms with Gasteiger partial charge in [-0.05, 0) is 19.8 Å². The molecular weight excluding hydrogens is 226 g/mol. The van der Waals surface area contributed by atoms with E-state index >= 15 is 0 Å². The summed E-state index contributed by atoms with van der Waals surface area (Å²) >= 11 is 0. The zero-order chi connectivity index (χ0) is 12.8. The highest BCUT2D eigenvalue weighted by Crippen LogP contribution is 2.26. The molecule has 0 atom stereocenters. The Hall–Kier alpha value is -0.870. The Bertz CT molecular complexity index is 354. The quantitative estimate of drug-likeness (QED) is 0.788. The van der Waals surface area contributed by atoms with Gasteiger partial charge in [0.1, 0.15) is 0 Å². The Labute approximate surface area is 109 Å². The Morgan fingerprint density at radius 1 is 1.33 bits per heavy atom. The van der Waals surface area contributed by atoms with Gasteiger partial charge in [-0.15, -0.1) is 0 Å². The predicted octanol–water partition coefficient (Wildman–Crippen LogP) is 2.08. The number of hydrogen-bond donors (Lipinski definition) is 2. The number of rotatable bonds is 5. The minimum absolute atomic E-state index is 0.492. The van der Waals surface area contributed by atoms with E-state index in [-0.39, 0.29) is 0 Å². The van der Waals surface area contributed by atoms with Gasteiger partial charge in [-0.1, -0.05) is 25.7 Å². The lowest BCUT2D eigenvalue weighted by molar-refractivity contribution is 0.0249. The number of aryl methyl sites for hydroxylation is 1. The van der Waals surface area contributed by atoms with Crippen molar-refractivity contribution in [2.24, 2.45) is 0 Å². The summed E-state index contributed by atoms with van der Waals surface area (Å²) in [6.07, 6.45) is 10.5. The van der Waals surface area contributed by atoms with Crippen LogP contribution >= 0.6 is 0 Å². The second-order valence-corrected chi connectivity index (χ2v) is 5.41. The van der Waals surface area contributed by atoms with Crippen LogP contribution in [0.25, 0.3) is 0 Å². The highest BCUT2D eigenvalue weighted by molar-refractivity contribution is 4.98. The fraction of sp³-hybridized carbons (Fsp3) is 0.786. The maximum atomic E-state index is 10.5. The van der Waals surface area contributed by atoms with Gasteiger partial charge in [0.2, 0.25) is 0 Å². The van der Waals surface area contributed by atoms with E-state index in [1.54, 1.807) is 0 Å². The second kappa shape index (κ2) is 6.34. The Morgan fingerprint density at radius 2 is 2.06 bits per heavy atom. The van der Waals surface area contributed by atoms with Gasteiger partial charge in [0, 0.05) is 25.8 Å². The molecule has 2 N–H and O–H groups in total. The van der Waals surface area contributed by atoms with Gasteiger partial charge in [-0.2, -0.15) is 0 Å². The average molecular weight is 251 g/mol. The smallest absolute Gasteiger partial charge is 0.0948 e. The van der Waals surface area contributed by atoms with E-state index in [9.17, 15) is 5.11 Å². The van der Waals surface area contributed by atoms with E-state index in [0.717, 1.165) is 38.8 Å². The van der Waals surface area contributed by atoms with Gasteiger partial charge in [-0.3, -0.25) is 0 Å². The lowest BCUT2D eigenvalue weighted by Crippen LogP contribution is -2.40. The van der Waals surface area contributed by atoms with E-state index in [0.29, 0.717) is 6.54 Å². The molecule has 0 unspecified atom stereocenters. The molecule has 1 aromatic rings. The van der Waals surface area contributed by atoms with Crippen molar-refractivity contribution in [3.8, 4) is 0 Å². The lowest BCUT2D eigenvalue weighted by Gasteiger charge is -2.27. The van der Waals surface area contributed by atoms with Gasteiger partial charge in [0.25, 0.3) is 0 Å². The van der Waals surface area contributed by atoms with Gasteiger partial charge in [0.05, 0.1) is 17.6 Å². The molecule has 0 bridgehead atoms. The summed E-state index contributed by atoms with van der Waals surface area (Å²) in [5, 5.41) is 13.9. The maximum Gasteiger partial charge on any atom is 0.0948 e. The largest absolute Gasteiger partial charge is 0.389 e. The summed E-state index contributed by atoms with van der Waals surface area (Å²) in [4.78, 5) is 4.15. The zero-order valence-corrected chi connectivity index (χ0v) is 11.4. The van der Waals surface area contributed by atoms with E-state index in [1.807, 2.05) is 12.5 Å². The van der Waals surface area contributed by atoms with Gasteiger partial charge in [0.15, 0.2) is 0 Å². The molecule has 4 heteroatoms. The van der Waals surface area contributed by atoms with Crippen LogP contribution in [-0.2, 0) is 13.1 Å². The molecule has 1 heterocycles. The monoisotopic (exact) mass is 251 g/mol. The van der Waals surface area contributed by atoms with Crippen molar-refractivity contribution in [2.75, 3.05) is 6.54 Å². The van der Waals surface area contributed by atoms with Gasteiger partial charge in [-0.25, -0.2) is 4.98 Å². The van der Waals surface area contributed by atoms with Crippen LogP contribution in [0.15, 0.2) is 12.5 Å². The third kappa shape index (κ3) is 3.56. The van der Waals surface area contributed by atoms with Crippen LogP contribution in [0.5, 0.6) is 0 Å². The number of nitrogens with one attached hydrogen (secondary N) is 1. The molecule has 102 valence electrons. The molecule has 0 aromatic carbocycles. The third-order valence-corrected chi connectivity index (χ3v) is 3.93. The van der Waals surface area contributed by atoms with Crippen LogP contribution in [-0.4, -0.2) is 26.8 Å². The standard InChI is InChI=1S/C14H25N3O/c1-2-17-12-16-10-13(17)9-15-11-14(18)7-5-3-4-6-8-14/h10,12,15,18H,2-9,11H2,1H3. The Balaban J connectivity index is 1.80. The first-order chi connectivity index (χ1) is 8.73. The zero-order valence-electron chi connectivity index (χ0n) is 11.4. The molecule has 0 saturated heterocycles. The highest BCUT2D eigenvalue weighted by Gasteiger charge is 2.27. The molecule has 0 amide bonds. The Morgan fingerprint density at radius 3 is 2.72 bits per heavy atom. The van der Waals surface area contributed by atoms with E-state index in [4.69, 9.17) is 0 Å². The van der Waals surface area contributed by atoms with Crippen LogP contribution in [0.4, 0.5) is 0 Å². The van der Waals surface area contributed by atoms with Crippen molar-refractivity contribution in [1.82, 2.24) is 14.9 Å². The molecular formula is C14H25N3O. The highest BCUT2D eigenvalue weighted by atomic mass is 16.3. The molecule has 1 aliphatic rings.